The number of carbonyl (C=O) groups is 2. The van der Waals surface area contributed by atoms with Crippen LogP contribution in [0, 0.1) is 5.92 Å². The van der Waals surface area contributed by atoms with E-state index < -0.39 is 10.0 Å². The van der Waals surface area contributed by atoms with Gasteiger partial charge in [-0.25, -0.2) is 8.42 Å². The molecular formula is C15H18ClNO4S. The molecule has 0 heterocycles. The first-order chi connectivity index (χ1) is 10.2. The van der Waals surface area contributed by atoms with Gasteiger partial charge in [-0.05, 0) is 38.0 Å². The van der Waals surface area contributed by atoms with Crippen LogP contribution in [-0.2, 0) is 14.8 Å². The molecule has 22 heavy (non-hydrogen) atoms. The quantitative estimate of drug-likeness (QED) is 0.563. The largest absolute Gasteiger partial charge is 0.299 e. The lowest BCUT2D eigenvalue weighted by molar-refractivity contribution is -0.119. The number of hydrogen-bond acceptors (Lipinski definition) is 4. The predicted molar refractivity (Wildman–Crippen MR) is 86.0 cm³/mol. The van der Waals surface area contributed by atoms with Crippen LogP contribution in [0.3, 0.4) is 0 Å². The Balaban J connectivity index is 2.38. The highest BCUT2D eigenvalue weighted by atomic mass is 35.5. The number of ketones is 2. The molecule has 120 valence electrons. The molecule has 1 aromatic rings. The first kappa shape index (κ1) is 17.0. The standard InChI is InChI=1S/C15H18ClNO4S/c1-3-17(22(2,20)21)13-8-11(16)6-7-12(13)15(19)9-14(18)10-4-5-10/h6-8,10H,3-5,9H2,1-2H3. The fraction of sp³-hybridized carbons (Fsp3) is 0.467. The Labute approximate surface area is 135 Å². The molecule has 2 rings (SSSR count). The molecule has 5 nitrogen and oxygen atoms in total. The highest BCUT2D eigenvalue weighted by Crippen LogP contribution is 2.33. The minimum atomic E-state index is -3.54. The van der Waals surface area contributed by atoms with Gasteiger partial charge in [-0.15, -0.1) is 0 Å². The van der Waals surface area contributed by atoms with Crippen LogP contribution >= 0.6 is 11.6 Å². The molecule has 0 bridgehead atoms. The molecule has 0 aliphatic heterocycles. The molecule has 1 aliphatic carbocycles. The number of benzene rings is 1. The molecule has 0 amide bonds. The third-order valence-electron chi connectivity index (χ3n) is 3.58. The lowest BCUT2D eigenvalue weighted by Gasteiger charge is -2.23. The maximum atomic E-state index is 12.4. The summed E-state index contributed by atoms with van der Waals surface area (Å²) in [5.74, 6) is -0.448. The third kappa shape index (κ3) is 3.87. The minimum absolute atomic E-state index is 0.00288. The molecule has 1 saturated carbocycles. The van der Waals surface area contributed by atoms with Gasteiger partial charge in [-0.2, -0.15) is 0 Å². The second kappa shape index (κ2) is 6.38. The van der Waals surface area contributed by atoms with Crippen LogP contribution in [0.4, 0.5) is 5.69 Å². The van der Waals surface area contributed by atoms with E-state index in [1.54, 1.807) is 6.92 Å². The fourth-order valence-electron chi connectivity index (χ4n) is 2.33. The van der Waals surface area contributed by atoms with Crippen LogP contribution < -0.4 is 4.31 Å². The molecule has 0 spiro atoms. The first-order valence-electron chi connectivity index (χ1n) is 7.07. The van der Waals surface area contributed by atoms with Crippen molar-refractivity contribution in [1.29, 1.82) is 0 Å². The van der Waals surface area contributed by atoms with E-state index in [1.165, 1.54) is 18.2 Å². The monoisotopic (exact) mass is 343 g/mol. The summed E-state index contributed by atoms with van der Waals surface area (Å²) in [6.07, 6.45) is 2.55. The summed E-state index contributed by atoms with van der Waals surface area (Å²) in [5, 5.41) is 0.335. The van der Waals surface area contributed by atoms with E-state index in [2.05, 4.69) is 0 Å². The molecule has 0 aromatic heterocycles. The molecular weight excluding hydrogens is 326 g/mol. The lowest BCUT2D eigenvalue weighted by atomic mass is 10.0. The number of nitrogens with zero attached hydrogens (tertiary/aromatic N) is 1. The van der Waals surface area contributed by atoms with Crippen LogP contribution in [0.2, 0.25) is 5.02 Å². The molecule has 1 aliphatic rings. The molecule has 0 unspecified atom stereocenters. The number of sulfonamides is 1. The number of carbonyl (C=O) groups excluding carboxylic acids is 2. The Morgan fingerprint density at radius 1 is 1.32 bits per heavy atom. The SMILES string of the molecule is CCN(c1cc(Cl)ccc1C(=O)CC(=O)C1CC1)S(C)(=O)=O. The summed E-state index contributed by atoms with van der Waals surface area (Å²) >= 11 is 5.94. The van der Waals surface area contributed by atoms with Crippen molar-refractivity contribution in [3.8, 4) is 0 Å². The van der Waals surface area contributed by atoms with E-state index >= 15 is 0 Å². The number of rotatable bonds is 7. The van der Waals surface area contributed by atoms with E-state index in [0.29, 0.717) is 5.02 Å². The average molecular weight is 344 g/mol. The Morgan fingerprint density at radius 2 is 1.95 bits per heavy atom. The van der Waals surface area contributed by atoms with Gasteiger partial charge in [0.05, 0.1) is 18.4 Å². The molecule has 0 N–H and O–H groups in total. The average Bonchev–Trinajstić information content (AvgIpc) is 3.21. The Bertz CT molecular complexity index is 710. The molecule has 0 radical (unpaired) electrons. The normalized spacial score (nSPS) is 14.7. The Hall–Kier alpha value is -1.40. The van der Waals surface area contributed by atoms with E-state index in [0.717, 1.165) is 23.4 Å². The number of anilines is 1. The lowest BCUT2D eigenvalue weighted by Crippen LogP contribution is -2.31. The highest BCUT2D eigenvalue weighted by molar-refractivity contribution is 7.92. The summed E-state index contributed by atoms with van der Waals surface area (Å²) in [6, 6.07) is 4.45. The van der Waals surface area contributed by atoms with Crippen molar-refractivity contribution in [2.75, 3.05) is 17.1 Å². The van der Waals surface area contributed by atoms with E-state index in [1.807, 2.05) is 0 Å². The van der Waals surface area contributed by atoms with Gasteiger partial charge < -0.3 is 0 Å². The van der Waals surface area contributed by atoms with Crippen molar-refractivity contribution in [1.82, 2.24) is 0 Å². The Kier molecular flexibility index (Phi) is 4.92. The molecule has 0 saturated heterocycles. The van der Waals surface area contributed by atoms with Gasteiger partial charge in [0.25, 0.3) is 0 Å². The van der Waals surface area contributed by atoms with E-state index in [-0.39, 0.29) is 41.7 Å². The van der Waals surface area contributed by atoms with Gasteiger partial charge in [-0.1, -0.05) is 11.6 Å². The van der Waals surface area contributed by atoms with Gasteiger partial charge in [-0.3, -0.25) is 13.9 Å². The predicted octanol–water partition coefficient (Wildman–Crippen LogP) is 2.68. The van der Waals surface area contributed by atoms with Crippen LogP contribution in [0.25, 0.3) is 0 Å². The zero-order valence-electron chi connectivity index (χ0n) is 12.5. The zero-order valence-corrected chi connectivity index (χ0v) is 14.1. The first-order valence-corrected chi connectivity index (χ1v) is 9.29. The maximum Gasteiger partial charge on any atom is 0.232 e. The maximum absolute atomic E-state index is 12.4. The van der Waals surface area contributed by atoms with Crippen LogP contribution in [0.15, 0.2) is 18.2 Å². The van der Waals surface area contributed by atoms with Crippen LogP contribution in [0.5, 0.6) is 0 Å². The van der Waals surface area contributed by atoms with Gasteiger partial charge in [0.2, 0.25) is 10.0 Å². The van der Waals surface area contributed by atoms with E-state index in [9.17, 15) is 18.0 Å². The number of halogens is 1. The third-order valence-corrected chi connectivity index (χ3v) is 5.07. The van der Waals surface area contributed by atoms with Gasteiger partial charge in [0, 0.05) is 23.0 Å². The van der Waals surface area contributed by atoms with Crippen molar-refractivity contribution in [3.63, 3.8) is 0 Å². The van der Waals surface area contributed by atoms with Crippen molar-refractivity contribution in [2.45, 2.75) is 26.2 Å². The second-order valence-electron chi connectivity index (χ2n) is 5.43. The molecule has 1 fully saturated rings. The van der Waals surface area contributed by atoms with Crippen LogP contribution in [-0.4, -0.2) is 32.8 Å². The number of hydrogen-bond donors (Lipinski definition) is 0. The minimum Gasteiger partial charge on any atom is -0.299 e. The second-order valence-corrected chi connectivity index (χ2v) is 7.77. The summed E-state index contributed by atoms with van der Waals surface area (Å²) in [6.45, 7) is 1.85. The van der Waals surface area contributed by atoms with E-state index in [4.69, 9.17) is 11.6 Å². The summed E-state index contributed by atoms with van der Waals surface area (Å²) in [4.78, 5) is 24.2. The van der Waals surface area contributed by atoms with Gasteiger partial charge in [0.1, 0.15) is 5.78 Å². The molecule has 7 heteroatoms. The molecule has 1 aromatic carbocycles. The number of Topliss-reactive ketones (excluding diaryl/α,β-unsaturated/α-hetero) is 2. The van der Waals surface area contributed by atoms with Gasteiger partial charge in [0.15, 0.2) is 5.78 Å². The highest BCUT2D eigenvalue weighted by Gasteiger charge is 2.32. The summed E-state index contributed by atoms with van der Waals surface area (Å²) in [7, 11) is -3.54. The fourth-order valence-corrected chi connectivity index (χ4v) is 3.48. The van der Waals surface area contributed by atoms with Crippen molar-refractivity contribution in [3.05, 3.63) is 28.8 Å². The van der Waals surface area contributed by atoms with Crippen LogP contribution in [0.1, 0.15) is 36.5 Å². The topological polar surface area (TPSA) is 71.5 Å². The van der Waals surface area contributed by atoms with Gasteiger partial charge >= 0.3 is 0 Å². The van der Waals surface area contributed by atoms with Crippen molar-refractivity contribution < 1.29 is 18.0 Å². The zero-order chi connectivity index (χ0) is 16.5. The molecule has 0 atom stereocenters. The Morgan fingerprint density at radius 3 is 2.45 bits per heavy atom. The summed E-state index contributed by atoms with van der Waals surface area (Å²) < 4.78 is 24.9. The smallest absolute Gasteiger partial charge is 0.232 e. The summed E-state index contributed by atoms with van der Waals surface area (Å²) in [5.41, 5.74) is 0.441. The van der Waals surface area contributed by atoms with Crippen molar-refractivity contribution >= 4 is 38.9 Å². The van der Waals surface area contributed by atoms with Crippen molar-refractivity contribution in [2.24, 2.45) is 5.92 Å².